The first-order chi connectivity index (χ1) is 12.1. The third-order valence-electron chi connectivity index (χ3n) is 4.28. The molecule has 0 fully saturated rings. The number of aromatic nitrogens is 1. The molecule has 0 saturated carbocycles. The van der Waals surface area contributed by atoms with Crippen LogP contribution < -0.4 is 5.32 Å². The van der Waals surface area contributed by atoms with Gasteiger partial charge in [-0.2, -0.15) is 0 Å². The number of amides is 1. The second kappa shape index (κ2) is 7.61. The number of carboxylic acid groups (broad SMARTS) is 1. The molecule has 1 heterocycles. The summed E-state index contributed by atoms with van der Waals surface area (Å²) in [4.78, 5) is 29.6. The average Bonchev–Trinajstić information content (AvgIpc) is 3.05. The molecule has 1 unspecified atom stereocenters. The highest BCUT2D eigenvalue weighted by atomic mass is 32.1. The van der Waals surface area contributed by atoms with Gasteiger partial charge in [-0.15, -0.1) is 11.3 Å². The summed E-state index contributed by atoms with van der Waals surface area (Å²) in [6.07, 6.45) is 4.59. The van der Waals surface area contributed by atoms with Crippen LogP contribution in [0.15, 0.2) is 42.0 Å². The summed E-state index contributed by atoms with van der Waals surface area (Å²) >= 11 is 1.44. The van der Waals surface area contributed by atoms with E-state index in [1.54, 1.807) is 6.08 Å². The number of carboxylic acids is 1. The fourth-order valence-corrected chi connectivity index (χ4v) is 3.94. The van der Waals surface area contributed by atoms with Crippen LogP contribution in [0.2, 0.25) is 0 Å². The van der Waals surface area contributed by atoms with Crippen molar-refractivity contribution in [1.29, 1.82) is 0 Å². The van der Waals surface area contributed by atoms with Crippen LogP contribution in [0.5, 0.6) is 0 Å². The van der Waals surface area contributed by atoms with Gasteiger partial charge in [0.05, 0.1) is 11.6 Å². The lowest BCUT2D eigenvalue weighted by molar-refractivity contribution is -0.141. The van der Waals surface area contributed by atoms with Gasteiger partial charge in [-0.25, -0.2) is 4.98 Å². The van der Waals surface area contributed by atoms with Crippen molar-refractivity contribution in [2.75, 3.05) is 5.32 Å². The highest BCUT2D eigenvalue weighted by Gasteiger charge is 2.29. The van der Waals surface area contributed by atoms with Crippen molar-refractivity contribution in [3.8, 4) is 11.3 Å². The Hall–Kier alpha value is -2.47. The van der Waals surface area contributed by atoms with Crippen LogP contribution in [-0.4, -0.2) is 22.0 Å². The molecule has 5 nitrogen and oxygen atoms in total. The van der Waals surface area contributed by atoms with Crippen LogP contribution >= 0.6 is 11.3 Å². The molecule has 1 aromatic heterocycles. The Morgan fingerprint density at radius 2 is 2.08 bits per heavy atom. The van der Waals surface area contributed by atoms with Crippen LogP contribution in [0, 0.1) is 5.92 Å². The lowest BCUT2D eigenvalue weighted by Crippen LogP contribution is -2.27. The van der Waals surface area contributed by atoms with Crippen molar-refractivity contribution in [2.45, 2.75) is 32.6 Å². The van der Waals surface area contributed by atoms with E-state index in [1.807, 2.05) is 30.3 Å². The first-order valence-corrected chi connectivity index (χ1v) is 9.21. The number of nitrogens with zero attached hydrogens (tertiary/aromatic N) is 1. The molecule has 0 radical (unpaired) electrons. The zero-order valence-corrected chi connectivity index (χ0v) is 14.8. The van der Waals surface area contributed by atoms with Gasteiger partial charge in [0.25, 0.3) is 5.91 Å². The second-order valence-electron chi connectivity index (χ2n) is 5.95. The van der Waals surface area contributed by atoms with E-state index in [4.69, 9.17) is 0 Å². The topological polar surface area (TPSA) is 79.3 Å². The molecule has 1 amide bonds. The molecule has 1 aliphatic carbocycles. The van der Waals surface area contributed by atoms with Gasteiger partial charge in [0.15, 0.2) is 5.13 Å². The van der Waals surface area contributed by atoms with E-state index in [-0.39, 0.29) is 5.91 Å². The SMILES string of the molecule is CCc1sc(NC(=O)C2=CCCCC2C(=O)O)nc1-c1ccccc1. The summed E-state index contributed by atoms with van der Waals surface area (Å²) < 4.78 is 0. The lowest BCUT2D eigenvalue weighted by atomic mass is 9.87. The van der Waals surface area contributed by atoms with Crippen LogP contribution in [0.25, 0.3) is 11.3 Å². The Morgan fingerprint density at radius 1 is 1.32 bits per heavy atom. The van der Waals surface area contributed by atoms with E-state index in [0.29, 0.717) is 17.1 Å². The highest BCUT2D eigenvalue weighted by molar-refractivity contribution is 7.16. The van der Waals surface area contributed by atoms with Crippen LogP contribution in [0.4, 0.5) is 5.13 Å². The van der Waals surface area contributed by atoms with Crippen LogP contribution in [0.3, 0.4) is 0 Å². The number of carbonyl (C=O) groups is 2. The van der Waals surface area contributed by atoms with Gasteiger partial charge in [0.1, 0.15) is 0 Å². The standard InChI is InChI=1S/C19H20N2O3S/c1-2-15-16(12-8-4-3-5-9-12)20-19(25-15)21-17(22)13-10-6-7-11-14(13)18(23)24/h3-5,8-10,14H,2,6-7,11H2,1H3,(H,23,24)(H,20,21,22). The molecule has 3 rings (SSSR count). The van der Waals surface area contributed by atoms with Gasteiger partial charge >= 0.3 is 5.97 Å². The van der Waals surface area contributed by atoms with E-state index in [2.05, 4.69) is 17.2 Å². The molecule has 2 aromatic rings. The molecule has 1 aliphatic rings. The van der Waals surface area contributed by atoms with E-state index in [0.717, 1.165) is 35.4 Å². The molecule has 0 bridgehead atoms. The van der Waals surface area contributed by atoms with Gasteiger partial charge in [-0.3, -0.25) is 14.9 Å². The molecule has 0 spiro atoms. The van der Waals surface area contributed by atoms with Crippen molar-refractivity contribution < 1.29 is 14.7 Å². The van der Waals surface area contributed by atoms with Crippen molar-refractivity contribution >= 4 is 28.3 Å². The molecule has 1 aromatic carbocycles. The summed E-state index contributed by atoms with van der Waals surface area (Å²) in [5.41, 5.74) is 2.22. The van der Waals surface area contributed by atoms with E-state index in [1.165, 1.54) is 11.3 Å². The molecule has 2 N–H and O–H groups in total. The number of aryl methyl sites for hydroxylation is 1. The number of allylic oxidation sites excluding steroid dienone is 1. The fourth-order valence-electron chi connectivity index (χ4n) is 3.02. The Balaban J connectivity index is 1.83. The monoisotopic (exact) mass is 356 g/mol. The Kier molecular flexibility index (Phi) is 5.28. The van der Waals surface area contributed by atoms with Gasteiger partial charge in [-0.1, -0.05) is 43.3 Å². The number of aliphatic carboxylic acids is 1. The molecular formula is C19H20N2O3S. The summed E-state index contributed by atoms with van der Waals surface area (Å²) in [7, 11) is 0. The number of anilines is 1. The second-order valence-corrected chi connectivity index (χ2v) is 7.03. The maximum atomic E-state index is 12.6. The Morgan fingerprint density at radius 3 is 2.76 bits per heavy atom. The van der Waals surface area contributed by atoms with Gasteiger partial charge < -0.3 is 5.11 Å². The van der Waals surface area contributed by atoms with Crippen molar-refractivity contribution in [3.63, 3.8) is 0 Å². The highest BCUT2D eigenvalue weighted by Crippen LogP contribution is 2.32. The zero-order valence-electron chi connectivity index (χ0n) is 14.0. The number of hydrogen-bond acceptors (Lipinski definition) is 4. The minimum Gasteiger partial charge on any atom is -0.481 e. The largest absolute Gasteiger partial charge is 0.481 e. The van der Waals surface area contributed by atoms with Crippen LogP contribution in [-0.2, 0) is 16.0 Å². The fraction of sp³-hybridized carbons (Fsp3) is 0.316. The third kappa shape index (κ3) is 3.79. The maximum Gasteiger partial charge on any atom is 0.311 e. The minimum atomic E-state index is -0.945. The van der Waals surface area contributed by atoms with Gasteiger partial charge in [0.2, 0.25) is 0 Å². The number of hydrogen-bond donors (Lipinski definition) is 2. The minimum absolute atomic E-state index is 0.341. The van der Waals surface area contributed by atoms with E-state index < -0.39 is 11.9 Å². The summed E-state index contributed by atoms with van der Waals surface area (Å²) in [5.74, 6) is -2.03. The summed E-state index contributed by atoms with van der Waals surface area (Å²) in [6, 6.07) is 9.84. The van der Waals surface area contributed by atoms with Crippen LogP contribution in [0.1, 0.15) is 31.1 Å². The van der Waals surface area contributed by atoms with E-state index >= 15 is 0 Å². The molecule has 0 saturated heterocycles. The Labute approximate surface area is 150 Å². The van der Waals surface area contributed by atoms with Crippen molar-refractivity contribution in [2.24, 2.45) is 5.92 Å². The molecule has 25 heavy (non-hydrogen) atoms. The molecule has 130 valence electrons. The summed E-state index contributed by atoms with van der Waals surface area (Å²) in [5, 5.41) is 12.6. The maximum absolute atomic E-state index is 12.6. The third-order valence-corrected chi connectivity index (χ3v) is 5.40. The lowest BCUT2D eigenvalue weighted by Gasteiger charge is -2.19. The Bertz CT molecular complexity index is 811. The molecular weight excluding hydrogens is 336 g/mol. The van der Waals surface area contributed by atoms with Gasteiger partial charge in [-0.05, 0) is 25.7 Å². The quantitative estimate of drug-likeness (QED) is 0.844. The van der Waals surface area contributed by atoms with Crippen molar-refractivity contribution in [1.82, 2.24) is 4.98 Å². The predicted molar refractivity (Wildman–Crippen MR) is 98.6 cm³/mol. The van der Waals surface area contributed by atoms with E-state index in [9.17, 15) is 14.7 Å². The average molecular weight is 356 g/mol. The normalized spacial score (nSPS) is 17.0. The summed E-state index contributed by atoms with van der Waals surface area (Å²) in [6.45, 7) is 2.05. The number of thiazole rings is 1. The smallest absolute Gasteiger partial charge is 0.311 e. The number of carbonyl (C=O) groups excluding carboxylic acids is 1. The molecule has 6 heteroatoms. The number of rotatable bonds is 5. The van der Waals surface area contributed by atoms with Crippen molar-refractivity contribution in [3.05, 3.63) is 46.9 Å². The number of nitrogens with one attached hydrogen (secondary N) is 1. The van der Waals surface area contributed by atoms with Gasteiger partial charge in [0, 0.05) is 16.0 Å². The zero-order chi connectivity index (χ0) is 17.8. The number of benzene rings is 1. The molecule has 1 atom stereocenters. The first-order valence-electron chi connectivity index (χ1n) is 8.39. The first kappa shape index (κ1) is 17.4. The predicted octanol–water partition coefficient (Wildman–Crippen LogP) is 4.12. The molecule has 0 aliphatic heterocycles.